The number of benzene rings is 2. The second-order valence-corrected chi connectivity index (χ2v) is 6.51. The molecule has 2 N–H and O–H groups in total. The number of carbonyl (C=O) groups excluding carboxylic acids is 1. The molecular formula is C19H20FNO4. The van der Waals surface area contributed by atoms with Crippen molar-refractivity contribution in [3.05, 3.63) is 59.4 Å². The molecule has 0 saturated heterocycles. The second-order valence-electron chi connectivity index (χ2n) is 6.51. The van der Waals surface area contributed by atoms with Crippen molar-refractivity contribution in [1.29, 1.82) is 0 Å². The standard InChI is InChI=1S/C19H20FNO4/c1-19(2,3)25-18(24)21-11-13-6-4-5-7-14(13)15-9-8-12(17(22)23)10-16(15)20/h4-10H,11H2,1-3H3,(H,21,24)(H,22,23). The number of nitrogens with one attached hydrogen (secondary N) is 1. The number of carbonyl (C=O) groups is 2. The van der Waals surface area contributed by atoms with Crippen LogP contribution < -0.4 is 5.32 Å². The number of carboxylic acids is 1. The molecule has 0 bridgehead atoms. The molecule has 6 heteroatoms. The Bertz CT molecular complexity index is 796. The van der Waals surface area contributed by atoms with E-state index in [4.69, 9.17) is 9.84 Å². The van der Waals surface area contributed by atoms with E-state index in [2.05, 4.69) is 5.32 Å². The Labute approximate surface area is 145 Å². The van der Waals surface area contributed by atoms with Crippen LogP contribution in [0, 0.1) is 5.82 Å². The van der Waals surface area contributed by atoms with Gasteiger partial charge in [0.15, 0.2) is 0 Å². The molecule has 2 aromatic rings. The van der Waals surface area contributed by atoms with Gasteiger partial charge in [-0.25, -0.2) is 14.0 Å². The van der Waals surface area contributed by atoms with Crippen molar-refractivity contribution in [3.8, 4) is 11.1 Å². The van der Waals surface area contributed by atoms with Crippen molar-refractivity contribution in [2.24, 2.45) is 0 Å². The van der Waals surface area contributed by atoms with Crippen LogP contribution in [0.1, 0.15) is 36.7 Å². The van der Waals surface area contributed by atoms with Gasteiger partial charge in [0.1, 0.15) is 11.4 Å². The SMILES string of the molecule is CC(C)(C)OC(=O)NCc1ccccc1-c1ccc(C(=O)O)cc1F. The van der Waals surface area contributed by atoms with Gasteiger partial charge in [0.2, 0.25) is 0 Å². The molecule has 0 aliphatic heterocycles. The molecule has 0 unspecified atom stereocenters. The van der Waals surface area contributed by atoms with Gasteiger partial charge in [0.25, 0.3) is 0 Å². The minimum Gasteiger partial charge on any atom is -0.478 e. The number of amides is 1. The average molecular weight is 345 g/mol. The lowest BCUT2D eigenvalue weighted by Crippen LogP contribution is -2.32. The number of hydrogen-bond donors (Lipinski definition) is 2. The highest BCUT2D eigenvalue weighted by molar-refractivity contribution is 5.88. The normalized spacial score (nSPS) is 11.0. The third-order valence-electron chi connectivity index (χ3n) is 3.35. The summed E-state index contributed by atoms with van der Waals surface area (Å²) in [5.74, 6) is -1.82. The van der Waals surface area contributed by atoms with Crippen LogP contribution in [-0.4, -0.2) is 22.8 Å². The van der Waals surface area contributed by atoms with Crippen LogP contribution in [0.3, 0.4) is 0 Å². The fourth-order valence-electron chi connectivity index (χ4n) is 2.29. The average Bonchev–Trinajstić information content (AvgIpc) is 2.51. The molecule has 0 aliphatic rings. The number of aromatic carboxylic acids is 1. The van der Waals surface area contributed by atoms with E-state index in [9.17, 15) is 14.0 Å². The number of hydrogen-bond acceptors (Lipinski definition) is 3. The van der Waals surface area contributed by atoms with Gasteiger partial charge < -0.3 is 15.2 Å². The lowest BCUT2D eigenvalue weighted by atomic mass is 9.98. The Balaban J connectivity index is 2.24. The Morgan fingerprint density at radius 3 is 2.40 bits per heavy atom. The highest BCUT2D eigenvalue weighted by atomic mass is 19.1. The Hall–Kier alpha value is -2.89. The fraction of sp³-hybridized carbons (Fsp3) is 0.263. The maximum absolute atomic E-state index is 14.3. The first kappa shape index (κ1) is 18.4. The van der Waals surface area contributed by atoms with Gasteiger partial charge in [-0.3, -0.25) is 0 Å². The molecule has 0 spiro atoms. The summed E-state index contributed by atoms with van der Waals surface area (Å²) in [6.45, 7) is 5.45. The molecule has 132 valence electrons. The summed E-state index contributed by atoms with van der Waals surface area (Å²) in [5.41, 5.74) is 0.808. The summed E-state index contributed by atoms with van der Waals surface area (Å²) in [5, 5.41) is 11.6. The van der Waals surface area contributed by atoms with E-state index in [0.29, 0.717) is 11.1 Å². The summed E-state index contributed by atoms with van der Waals surface area (Å²) in [6.07, 6.45) is -0.566. The van der Waals surface area contributed by atoms with E-state index < -0.39 is 23.5 Å². The van der Waals surface area contributed by atoms with Gasteiger partial charge in [-0.15, -0.1) is 0 Å². The van der Waals surface area contributed by atoms with Crippen molar-refractivity contribution < 1.29 is 23.8 Å². The van der Waals surface area contributed by atoms with Gasteiger partial charge >= 0.3 is 12.1 Å². The van der Waals surface area contributed by atoms with Crippen LogP contribution in [0.5, 0.6) is 0 Å². The van der Waals surface area contributed by atoms with Gasteiger partial charge in [-0.1, -0.05) is 30.3 Å². The van der Waals surface area contributed by atoms with E-state index in [1.807, 2.05) is 0 Å². The molecule has 2 rings (SSSR count). The Kier molecular flexibility index (Phi) is 5.41. The number of ether oxygens (including phenoxy) is 1. The first-order valence-electron chi connectivity index (χ1n) is 7.75. The third-order valence-corrected chi connectivity index (χ3v) is 3.35. The predicted octanol–water partition coefficient (Wildman–Crippen LogP) is 4.22. The molecule has 0 heterocycles. The Morgan fingerprint density at radius 1 is 1.12 bits per heavy atom. The summed E-state index contributed by atoms with van der Waals surface area (Å²) in [4.78, 5) is 22.7. The Morgan fingerprint density at radius 2 is 1.80 bits per heavy atom. The van der Waals surface area contributed by atoms with Crippen LogP contribution in [0.15, 0.2) is 42.5 Å². The number of alkyl carbamates (subject to hydrolysis) is 1. The van der Waals surface area contributed by atoms with Crippen molar-refractivity contribution >= 4 is 12.1 Å². The van der Waals surface area contributed by atoms with Gasteiger partial charge in [0, 0.05) is 12.1 Å². The van der Waals surface area contributed by atoms with Crippen LogP contribution in [0.4, 0.5) is 9.18 Å². The van der Waals surface area contributed by atoms with Crippen molar-refractivity contribution in [1.82, 2.24) is 5.32 Å². The van der Waals surface area contributed by atoms with Crippen LogP contribution >= 0.6 is 0 Å². The van der Waals surface area contributed by atoms with Crippen LogP contribution in [0.2, 0.25) is 0 Å². The summed E-state index contributed by atoms with van der Waals surface area (Å²) in [6, 6.07) is 10.7. The molecule has 0 aliphatic carbocycles. The topological polar surface area (TPSA) is 75.6 Å². The first-order valence-corrected chi connectivity index (χ1v) is 7.75. The maximum atomic E-state index is 14.3. The lowest BCUT2D eigenvalue weighted by molar-refractivity contribution is 0.0523. The van der Waals surface area contributed by atoms with Crippen molar-refractivity contribution in [2.45, 2.75) is 32.9 Å². The second kappa shape index (κ2) is 7.34. The van der Waals surface area contributed by atoms with Crippen molar-refractivity contribution in [2.75, 3.05) is 0 Å². The van der Waals surface area contributed by atoms with E-state index >= 15 is 0 Å². The molecular weight excluding hydrogens is 325 g/mol. The zero-order valence-corrected chi connectivity index (χ0v) is 14.3. The summed E-state index contributed by atoms with van der Waals surface area (Å²) >= 11 is 0. The fourth-order valence-corrected chi connectivity index (χ4v) is 2.29. The highest BCUT2D eigenvalue weighted by Crippen LogP contribution is 2.27. The summed E-state index contributed by atoms with van der Waals surface area (Å²) < 4.78 is 19.5. The zero-order chi connectivity index (χ0) is 18.6. The number of rotatable bonds is 4. The minimum atomic E-state index is -1.19. The van der Waals surface area contributed by atoms with Gasteiger partial charge in [-0.05, 0) is 44.0 Å². The third kappa shape index (κ3) is 5.04. The van der Waals surface area contributed by atoms with Gasteiger partial charge in [-0.2, -0.15) is 0 Å². The van der Waals surface area contributed by atoms with Crippen LogP contribution in [0.25, 0.3) is 11.1 Å². The monoisotopic (exact) mass is 345 g/mol. The quantitative estimate of drug-likeness (QED) is 0.870. The molecule has 2 aromatic carbocycles. The predicted molar refractivity (Wildman–Crippen MR) is 91.9 cm³/mol. The highest BCUT2D eigenvalue weighted by Gasteiger charge is 2.17. The maximum Gasteiger partial charge on any atom is 0.407 e. The zero-order valence-electron chi connectivity index (χ0n) is 14.3. The molecule has 0 aromatic heterocycles. The number of halogens is 1. The van der Waals surface area contributed by atoms with E-state index in [0.717, 1.165) is 6.07 Å². The molecule has 0 fully saturated rings. The molecule has 0 radical (unpaired) electrons. The lowest BCUT2D eigenvalue weighted by Gasteiger charge is -2.20. The first-order chi connectivity index (χ1) is 11.7. The van der Waals surface area contributed by atoms with E-state index in [1.54, 1.807) is 45.0 Å². The molecule has 25 heavy (non-hydrogen) atoms. The van der Waals surface area contributed by atoms with E-state index in [-0.39, 0.29) is 17.7 Å². The molecule has 0 atom stereocenters. The number of carboxylic acid groups (broad SMARTS) is 1. The minimum absolute atomic E-state index is 0.120. The van der Waals surface area contributed by atoms with Crippen molar-refractivity contribution in [3.63, 3.8) is 0 Å². The summed E-state index contributed by atoms with van der Waals surface area (Å²) in [7, 11) is 0. The van der Waals surface area contributed by atoms with Gasteiger partial charge in [0.05, 0.1) is 5.56 Å². The molecule has 5 nitrogen and oxygen atoms in total. The van der Waals surface area contributed by atoms with E-state index in [1.165, 1.54) is 12.1 Å². The largest absolute Gasteiger partial charge is 0.478 e. The molecule has 0 saturated carbocycles. The smallest absolute Gasteiger partial charge is 0.407 e. The molecule has 1 amide bonds. The van der Waals surface area contributed by atoms with Crippen LogP contribution in [-0.2, 0) is 11.3 Å².